The van der Waals surface area contributed by atoms with E-state index in [1.165, 1.54) is 0 Å². The van der Waals surface area contributed by atoms with Crippen molar-refractivity contribution in [1.29, 1.82) is 0 Å². The molecule has 0 aliphatic rings. The summed E-state index contributed by atoms with van der Waals surface area (Å²) in [4.78, 5) is 0. The third-order valence-electron chi connectivity index (χ3n) is 0.522. The van der Waals surface area contributed by atoms with Crippen LogP contribution in [0.3, 0.4) is 0 Å². The molecule has 3 nitrogen and oxygen atoms in total. The highest BCUT2D eigenvalue weighted by atomic mass is 15.1. The fourth-order valence-electron chi connectivity index (χ4n) is 0.267. The van der Waals surface area contributed by atoms with Gasteiger partial charge in [-0.25, -0.2) is 0 Å². The molecule has 0 atom stereocenters. The van der Waals surface area contributed by atoms with Gasteiger partial charge in [-0.2, -0.15) is 5.10 Å². The molecular formula is C4H9N3. The number of nitrogens with two attached hydrogens (primary N) is 1. The van der Waals surface area contributed by atoms with Crippen LogP contribution in [0, 0.1) is 0 Å². The van der Waals surface area contributed by atoms with Gasteiger partial charge in [0, 0.05) is 0 Å². The van der Waals surface area contributed by atoms with Gasteiger partial charge in [0.25, 0.3) is 0 Å². The number of aromatic amines is 1. The van der Waals surface area contributed by atoms with Crippen LogP contribution in [0.1, 0.15) is 7.43 Å². The Hall–Kier alpha value is -0.990. The average Bonchev–Trinajstić information content (AvgIpc) is 1.86. The monoisotopic (exact) mass is 99.1 g/mol. The Morgan fingerprint density at radius 1 is 1.71 bits per heavy atom. The smallest absolute Gasteiger partial charge is 0.118 e. The first-order valence-electron chi connectivity index (χ1n) is 1.64. The largest absolute Gasteiger partial charge is 0.384 e. The second kappa shape index (κ2) is 2.23. The standard InChI is InChI=1S/C3H5N3.CH4/c4-3-1-2-5-6-3;/h1-2H,(H3,4,5,6);1H4. The molecule has 40 valence electrons. The third kappa shape index (κ3) is 1.26. The molecule has 0 aliphatic carbocycles. The van der Waals surface area contributed by atoms with E-state index in [9.17, 15) is 0 Å². The topological polar surface area (TPSA) is 54.7 Å². The number of nitrogen functional groups attached to an aromatic ring is 1. The van der Waals surface area contributed by atoms with E-state index < -0.39 is 0 Å². The summed E-state index contributed by atoms with van der Waals surface area (Å²) >= 11 is 0. The summed E-state index contributed by atoms with van der Waals surface area (Å²) in [5.74, 6) is 0.606. The van der Waals surface area contributed by atoms with E-state index in [0.717, 1.165) is 0 Å². The molecule has 1 aromatic heterocycles. The quantitative estimate of drug-likeness (QED) is 0.501. The van der Waals surface area contributed by atoms with Crippen molar-refractivity contribution in [3.63, 3.8) is 0 Å². The summed E-state index contributed by atoms with van der Waals surface area (Å²) in [5.41, 5.74) is 5.16. The molecule has 3 N–H and O–H groups in total. The first kappa shape index (κ1) is 6.01. The second-order valence-corrected chi connectivity index (χ2v) is 1.01. The number of hydrogen-bond acceptors (Lipinski definition) is 2. The van der Waals surface area contributed by atoms with Crippen LogP contribution in [0.2, 0.25) is 0 Å². The zero-order valence-corrected chi connectivity index (χ0v) is 3.18. The van der Waals surface area contributed by atoms with E-state index in [2.05, 4.69) is 10.2 Å². The van der Waals surface area contributed by atoms with E-state index in [1.807, 2.05) is 0 Å². The molecule has 0 spiro atoms. The van der Waals surface area contributed by atoms with Crippen molar-refractivity contribution in [2.24, 2.45) is 0 Å². The highest BCUT2D eigenvalue weighted by Gasteiger charge is 1.74. The number of aromatic nitrogens is 2. The number of nitrogens with one attached hydrogen (secondary N) is 1. The Kier molecular flexibility index (Phi) is 1.91. The summed E-state index contributed by atoms with van der Waals surface area (Å²) in [6, 6.07) is 1.69. The Bertz CT molecular complexity index is 110. The lowest BCUT2D eigenvalue weighted by atomic mass is 10.7. The molecule has 0 bridgehead atoms. The lowest BCUT2D eigenvalue weighted by molar-refractivity contribution is 1.10. The Balaban J connectivity index is 0.000000360. The molecule has 0 aromatic carbocycles. The molecule has 0 fully saturated rings. The number of H-pyrrole nitrogens is 1. The molecule has 3 heteroatoms. The predicted octanol–water partition coefficient (Wildman–Crippen LogP) is 0.628. The van der Waals surface area contributed by atoms with Crippen LogP contribution >= 0.6 is 0 Å². The van der Waals surface area contributed by atoms with Gasteiger partial charge >= 0.3 is 0 Å². The van der Waals surface area contributed by atoms with Crippen LogP contribution in [0.5, 0.6) is 0 Å². The fourth-order valence-corrected chi connectivity index (χ4v) is 0.267. The second-order valence-electron chi connectivity index (χ2n) is 1.01. The first-order chi connectivity index (χ1) is 2.89. The van der Waals surface area contributed by atoms with Gasteiger partial charge in [0.2, 0.25) is 0 Å². The first-order valence-corrected chi connectivity index (χ1v) is 1.64. The average molecular weight is 99.1 g/mol. The number of hydrogen-bond donors (Lipinski definition) is 2. The number of anilines is 1. The zero-order valence-electron chi connectivity index (χ0n) is 3.18. The van der Waals surface area contributed by atoms with Gasteiger partial charge in [0.15, 0.2) is 0 Å². The van der Waals surface area contributed by atoms with Crippen molar-refractivity contribution in [1.82, 2.24) is 10.2 Å². The molecular weight excluding hydrogens is 90.1 g/mol. The van der Waals surface area contributed by atoms with Crippen LogP contribution < -0.4 is 5.73 Å². The van der Waals surface area contributed by atoms with E-state index in [-0.39, 0.29) is 7.43 Å². The molecule has 1 heterocycles. The van der Waals surface area contributed by atoms with Gasteiger partial charge in [0.1, 0.15) is 5.82 Å². The molecule has 0 aliphatic heterocycles. The van der Waals surface area contributed by atoms with Crippen molar-refractivity contribution >= 4 is 5.82 Å². The Morgan fingerprint density at radius 2 is 2.43 bits per heavy atom. The number of rotatable bonds is 0. The minimum atomic E-state index is 0. The van der Waals surface area contributed by atoms with Crippen LogP contribution in [0.15, 0.2) is 12.3 Å². The lowest BCUT2D eigenvalue weighted by Gasteiger charge is -1.70. The van der Waals surface area contributed by atoms with Crippen LogP contribution in [0.4, 0.5) is 5.82 Å². The van der Waals surface area contributed by atoms with Crippen LogP contribution in [-0.2, 0) is 0 Å². The predicted molar refractivity (Wildman–Crippen MR) is 29.7 cm³/mol. The molecule has 1 rings (SSSR count). The zero-order chi connectivity index (χ0) is 4.41. The minimum absolute atomic E-state index is 0. The molecule has 0 saturated carbocycles. The molecule has 0 unspecified atom stereocenters. The lowest BCUT2D eigenvalue weighted by Crippen LogP contribution is -1.81. The normalized spacial score (nSPS) is 7.43. The van der Waals surface area contributed by atoms with E-state index in [1.54, 1.807) is 12.3 Å². The van der Waals surface area contributed by atoms with Gasteiger partial charge in [-0.3, -0.25) is 5.10 Å². The van der Waals surface area contributed by atoms with Crippen molar-refractivity contribution < 1.29 is 0 Å². The maximum atomic E-state index is 5.16. The number of nitrogens with zero attached hydrogens (tertiary/aromatic N) is 1. The molecule has 1 aromatic rings. The SMILES string of the molecule is C.Nc1ccn[nH]1. The molecule has 7 heavy (non-hydrogen) atoms. The van der Waals surface area contributed by atoms with Gasteiger partial charge in [-0.05, 0) is 6.07 Å². The summed E-state index contributed by atoms with van der Waals surface area (Å²) in [6.45, 7) is 0. The van der Waals surface area contributed by atoms with E-state index in [4.69, 9.17) is 5.73 Å². The summed E-state index contributed by atoms with van der Waals surface area (Å²) < 4.78 is 0. The van der Waals surface area contributed by atoms with Gasteiger partial charge in [0.05, 0.1) is 6.20 Å². The van der Waals surface area contributed by atoms with Crippen LogP contribution in [0.25, 0.3) is 0 Å². The highest BCUT2D eigenvalue weighted by Crippen LogP contribution is 1.86. The van der Waals surface area contributed by atoms with Crippen molar-refractivity contribution in [2.45, 2.75) is 7.43 Å². The van der Waals surface area contributed by atoms with Crippen molar-refractivity contribution in [2.75, 3.05) is 5.73 Å². The summed E-state index contributed by atoms with van der Waals surface area (Å²) in [7, 11) is 0. The molecule has 0 saturated heterocycles. The molecule has 0 amide bonds. The third-order valence-corrected chi connectivity index (χ3v) is 0.522. The summed E-state index contributed by atoms with van der Waals surface area (Å²) in [6.07, 6.45) is 1.61. The van der Waals surface area contributed by atoms with Crippen LogP contribution in [-0.4, -0.2) is 10.2 Å². The highest BCUT2D eigenvalue weighted by molar-refractivity contribution is 5.22. The van der Waals surface area contributed by atoms with E-state index in [0.29, 0.717) is 5.82 Å². The van der Waals surface area contributed by atoms with Gasteiger partial charge in [-0.1, -0.05) is 7.43 Å². The van der Waals surface area contributed by atoms with Crippen molar-refractivity contribution in [3.8, 4) is 0 Å². The van der Waals surface area contributed by atoms with E-state index >= 15 is 0 Å². The Labute approximate surface area is 42.5 Å². The van der Waals surface area contributed by atoms with Gasteiger partial charge in [-0.15, -0.1) is 0 Å². The maximum Gasteiger partial charge on any atom is 0.118 e. The van der Waals surface area contributed by atoms with Gasteiger partial charge < -0.3 is 5.73 Å². The maximum absolute atomic E-state index is 5.16. The molecule has 0 radical (unpaired) electrons. The minimum Gasteiger partial charge on any atom is -0.384 e. The fraction of sp³-hybridized carbons (Fsp3) is 0.250. The summed E-state index contributed by atoms with van der Waals surface area (Å²) in [5, 5.41) is 6.10. The van der Waals surface area contributed by atoms with Crippen molar-refractivity contribution in [3.05, 3.63) is 12.3 Å². The Morgan fingerprint density at radius 3 is 2.57 bits per heavy atom.